The minimum absolute atomic E-state index is 0.0834. The maximum Gasteiger partial charge on any atom is 0.261 e. The third-order valence-electron chi connectivity index (χ3n) is 6.04. The number of hydrogen-bond donors (Lipinski definition) is 2. The topological polar surface area (TPSA) is 76.0 Å². The van der Waals surface area contributed by atoms with Crippen LogP contribution in [0.3, 0.4) is 0 Å². The highest BCUT2D eigenvalue weighted by atomic mass is 19.2. The zero-order valence-electron chi connectivity index (χ0n) is 18.2. The highest BCUT2D eigenvalue weighted by molar-refractivity contribution is 6.08. The van der Waals surface area contributed by atoms with Crippen molar-refractivity contribution in [2.24, 2.45) is 5.41 Å². The van der Waals surface area contributed by atoms with Crippen molar-refractivity contribution in [2.45, 2.75) is 32.7 Å². The van der Waals surface area contributed by atoms with Gasteiger partial charge in [0.25, 0.3) is 5.91 Å². The second-order valence-electron chi connectivity index (χ2n) is 9.21. The van der Waals surface area contributed by atoms with Gasteiger partial charge in [0.05, 0.1) is 6.20 Å². The lowest BCUT2D eigenvalue weighted by Gasteiger charge is -2.39. The van der Waals surface area contributed by atoms with Gasteiger partial charge in [-0.3, -0.25) is 9.59 Å². The molecule has 168 valence electrons. The lowest BCUT2D eigenvalue weighted by molar-refractivity contribution is -0.118. The number of ketones is 1. The summed E-state index contributed by atoms with van der Waals surface area (Å²) in [6.07, 6.45) is 2.31. The minimum Gasteiger partial charge on any atom is -0.343 e. The van der Waals surface area contributed by atoms with Gasteiger partial charge < -0.3 is 10.6 Å². The van der Waals surface area contributed by atoms with Gasteiger partial charge in [-0.05, 0) is 41.7 Å². The third-order valence-corrected chi connectivity index (χ3v) is 6.04. The predicted octanol–water partition coefficient (Wildman–Crippen LogP) is 5.07. The van der Waals surface area contributed by atoms with Crippen molar-refractivity contribution in [1.29, 1.82) is 0 Å². The normalized spacial score (nSPS) is 18.9. The van der Waals surface area contributed by atoms with Crippen LogP contribution in [0, 0.1) is 17.0 Å². The first kappa shape index (κ1) is 21.1. The van der Waals surface area contributed by atoms with E-state index in [0.717, 1.165) is 12.1 Å². The number of allylic oxidation sites excluding steroid dienone is 2. The van der Waals surface area contributed by atoms with Crippen LogP contribution in [-0.2, 0) is 4.79 Å². The molecule has 0 fully saturated rings. The molecule has 2 heterocycles. The van der Waals surface area contributed by atoms with E-state index in [0.29, 0.717) is 41.2 Å². The van der Waals surface area contributed by atoms with Gasteiger partial charge in [0.2, 0.25) is 0 Å². The van der Waals surface area contributed by atoms with Crippen LogP contribution < -0.4 is 10.6 Å². The monoisotopic (exact) mass is 448 g/mol. The number of carbonyl (C=O) groups is 2. The molecule has 33 heavy (non-hydrogen) atoms. The zero-order chi connectivity index (χ0) is 23.3. The number of fused-ring (bicyclic) bond motifs is 1. The summed E-state index contributed by atoms with van der Waals surface area (Å²) in [6, 6.07) is 11.8. The van der Waals surface area contributed by atoms with E-state index in [1.54, 1.807) is 12.1 Å². The molecule has 2 N–H and O–H groups in total. The number of Topliss-reactive ketones (excluding diaryl/α,β-unsaturated/α-hetero) is 1. The Morgan fingerprint density at radius 1 is 1.12 bits per heavy atom. The minimum atomic E-state index is -1.01. The van der Waals surface area contributed by atoms with Crippen LogP contribution >= 0.6 is 0 Å². The zero-order valence-corrected chi connectivity index (χ0v) is 18.2. The fourth-order valence-corrected chi connectivity index (χ4v) is 4.59. The van der Waals surface area contributed by atoms with E-state index in [-0.39, 0.29) is 22.7 Å². The van der Waals surface area contributed by atoms with E-state index in [2.05, 4.69) is 15.7 Å². The smallest absolute Gasteiger partial charge is 0.261 e. The Labute approximate surface area is 189 Å². The highest BCUT2D eigenvalue weighted by Crippen LogP contribution is 2.46. The molecule has 1 amide bonds. The maximum atomic E-state index is 14.1. The van der Waals surface area contributed by atoms with Crippen LogP contribution in [0.5, 0.6) is 0 Å². The van der Waals surface area contributed by atoms with Crippen molar-refractivity contribution >= 4 is 23.2 Å². The molecule has 0 saturated carbocycles. The average Bonchev–Trinajstić information content (AvgIpc) is 3.18. The van der Waals surface area contributed by atoms with Gasteiger partial charge in [-0.15, -0.1) is 0 Å². The van der Waals surface area contributed by atoms with Gasteiger partial charge >= 0.3 is 0 Å². The summed E-state index contributed by atoms with van der Waals surface area (Å²) >= 11 is 0. The van der Waals surface area contributed by atoms with Crippen LogP contribution in [0.25, 0.3) is 0 Å². The van der Waals surface area contributed by atoms with Crippen molar-refractivity contribution < 1.29 is 18.4 Å². The number of anilines is 2. The SMILES string of the molecule is CC1(C)CC(=O)C2=C(C1)Nc1c(C(=O)Nc3ccccc3)cnn1[C@H]2c1ccc(F)c(F)c1. The molecule has 0 radical (unpaired) electrons. The number of nitrogens with zero attached hydrogens (tertiary/aromatic N) is 2. The average molecular weight is 448 g/mol. The summed E-state index contributed by atoms with van der Waals surface area (Å²) in [7, 11) is 0. The van der Waals surface area contributed by atoms with Gasteiger partial charge in [-0.2, -0.15) is 5.10 Å². The van der Waals surface area contributed by atoms with E-state index < -0.39 is 17.7 Å². The van der Waals surface area contributed by atoms with Crippen molar-refractivity contribution in [2.75, 3.05) is 10.6 Å². The molecular formula is C25H22F2N4O2. The summed E-state index contributed by atoms with van der Waals surface area (Å²) in [6.45, 7) is 4.00. The highest BCUT2D eigenvalue weighted by Gasteiger charge is 2.42. The number of benzene rings is 2. The first-order chi connectivity index (χ1) is 15.7. The number of hydrogen-bond acceptors (Lipinski definition) is 4. The van der Waals surface area contributed by atoms with Gasteiger partial charge in [0.1, 0.15) is 17.4 Å². The quantitative estimate of drug-likeness (QED) is 0.587. The lowest BCUT2D eigenvalue weighted by atomic mass is 9.73. The molecule has 1 aliphatic carbocycles. The summed E-state index contributed by atoms with van der Waals surface area (Å²) in [5.41, 5.74) is 2.16. The summed E-state index contributed by atoms with van der Waals surface area (Å²) in [4.78, 5) is 26.2. The summed E-state index contributed by atoms with van der Waals surface area (Å²) in [5.74, 6) is -2.03. The molecule has 2 aromatic carbocycles. The standard InChI is InChI=1S/C25H22F2N4O2/c1-25(2)11-19-21(20(32)12-25)22(14-8-9-17(26)18(27)10-14)31-23(30-19)16(13-28-31)24(33)29-15-6-4-3-5-7-15/h3-10,13,22,30H,11-12H2,1-2H3,(H,29,33)/t22-/m0/s1. The third kappa shape index (κ3) is 3.71. The van der Waals surface area contributed by atoms with Crippen LogP contribution in [0.1, 0.15) is 48.7 Å². The van der Waals surface area contributed by atoms with Crippen molar-refractivity contribution in [3.8, 4) is 0 Å². The van der Waals surface area contributed by atoms with E-state index in [4.69, 9.17) is 0 Å². The fourth-order valence-electron chi connectivity index (χ4n) is 4.59. The molecule has 1 aromatic heterocycles. The lowest BCUT2D eigenvalue weighted by Crippen LogP contribution is -2.37. The molecule has 3 aromatic rings. The second-order valence-corrected chi connectivity index (χ2v) is 9.21. The Bertz CT molecular complexity index is 1310. The molecule has 6 nitrogen and oxygen atoms in total. The Morgan fingerprint density at radius 3 is 2.61 bits per heavy atom. The van der Waals surface area contributed by atoms with Crippen LogP contribution in [0.15, 0.2) is 66.0 Å². The molecular weight excluding hydrogens is 426 g/mol. The predicted molar refractivity (Wildman–Crippen MR) is 120 cm³/mol. The Balaban J connectivity index is 1.62. The maximum absolute atomic E-state index is 14.1. The van der Waals surface area contributed by atoms with Gasteiger partial charge in [-0.1, -0.05) is 38.1 Å². The van der Waals surface area contributed by atoms with Gasteiger partial charge in [0.15, 0.2) is 17.4 Å². The van der Waals surface area contributed by atoms with Crippen molar-refractivity contribution in [1.82, 2.24) is 9.78 Å². The number of halogens is 2. The first-order valence-corrected chi connectivity index (χ1v) is 10.7. The van der Waals surface area contributed by atoms with Crippen molar-refractivity contribution in [3.63, 3.8) is 0 Å². The molecule has 0 saturated heterocycles. The number of rotatable bonds is 3. The molecule has 2 aliphatic rings. The molecule has 0 bridgehead atoms. The summed E-state index contributed by atoms with van der Waals surface area (Å²) < 4.78 is 29.3. The Morgan fingerprint density at radius 2 is 1.88 bits per heavy atom. The first-order valence-electron chi connectivity index (χ1n) is 10.7. The molecule has 0 unspecified atom stereocenters. The molecule has 1 aliphatic heterocycles. The van der Waals surface area contributed by atoms with E-state index in [1.807, 2.05) is 32.0 Å². The Kier molecular flexibility index (Phi) is 4.88. The largest absolute Gasteiger partial charge is 0.343 e. The molecule has 1 atom stereocenters. The van der Waals surface area contributed by atoms with Crippen LogP contribution in [0.2, 0.25) is 0 Å². The van der Waals surface area contributed by atoms with Crippen LogP contribution in [-0.4, -0.2) is 21.5 Å². The summed E-state index contributed by atoms with van der Waals surface area (Å²) in [5, 5.41) is 10.5. The van der Waals surface area contributed by atoms with Gasteiger partial charge in [-0.25, -0.2) is 13.5 Å². The number of aromatic nitrogens is 2. The van der Waals surface area contributed by atoms with E-state index in [9.17, 15) is 18.4 Å². The van der Waals surface area contributed by atoms with Gasteiger partial charge in [0, 0.05) is 23.4 Å². The number of amides is 1. The van der Waals surface area contributed by atoms with E-state index in [1.165, 1.54) is 16.9 Å². The van der Waals surface area contributed by atoms with Crippen molar-refractivity contribution in [3.05, 3.63) is 88.8 Å². The van der Waals surface area contributed by atoms with E-state index >= 15 is 0 Å². The van der Waals surface area contributed by atoms with Crippen LogP contribution in [0.4, 0.5) is 20.3 Å². The number of carbonyl (C=O) groups excluding carboxylic acids is 2. The Hall–Kier alpha value is -3.81. The molecule has 5 rings (SSSR count). The number of nitrogens with one attached hydrogen (secondary N) is 2. The number of para-hydroxylation sites is 1. The fraction of sp³-hybridized carbons (Fsp3) is 0.240. The molecule has 8 heteroatoms. The second kappa shape index (κ2) is 7.65. The molecule has 0 spiro atoms.